The Labute approximate surface area is 126 Å². The van der Waals surface area contributed by atoms with E-state index in [4.69, 9.17) is 0 Å². The molecule has 0 bridgehead atoms. The number of rotatable bonds is 4. The maximum Gasteiger partial charge on any atom is 0.236 e. The zero-order valence-electron chi connectivity index (χ0n) is 13.0. The fourth-order valence-electron chi connectivity index (χ4n) is 3.15. The van der Waals surface area contributed by atoms with Crippen molar-refractivity contribution in [3.63, 3.8) is 0 Å². The van der Waals surface area contributed by atoms with Gasteiger partial charge in [-0.2, -0.15) is 5.26 Å². The number of piperazine rings is 1. The van der Waals surface area contributed by atoms with Gasteiger partial charge in [-0.25, -0.2) is 0 Å². The van der Waals surface area contributed by atoms with Crippen LogP contribution in [0.1, 0.15) is 20.3 Å². The molecule has 0 aliphatic carbocycles. The minimum atomic E-state index is -0.280. The summed E-state index contributed by atoms with van der Waals surface area (Å²) < 4.78 is 0. The van der Waals surface area contributed by atoms with Crippen molar-refractivity contribution >= 4 is 5.91 Å². The predicted molar refractivity (Wildman–Crippen MR) is 79.5 cm³/mol. The molecule has 1 amide bonds. The first-order valence-electron chi connectivity index (χ1n) is 7.83. The molecule has 21 heavy (non-hydrogen) atoms. The minimum Gasteiger partial charge on any atom is -0.392 e. The summed E-state index contributed by atoms with van der Waals surface area (Å²) in [4.78, 5) is 18.3. The normalized spacial score (nSPS) is 26.0. The summed E-state index contributed by atoms with van der Waals surface area (Å²) in [6.45, 7) is 8.86. The molecule has 2 aliphatic heterocycles. The van der Waals surface area contributed by atoms with E-state index >= 15 is 0 Å². The van der Waals surface area contributed by atoms with Gasteiger partial charge in [0.1, 0.15) is 6.04 Å². The maximum atomic E-state index is 12.3. The maximum absolute atomic E-state index is 12.3. The summed E-state index contributed by atoms with van der Waals surface area (Å²) in [6.07, 6.45) is 0.483. The van der Waals surface area contributed by atoms with Crippen LogP contribution in [0.2, 0.25) is 0 Å². The zero-order valence-corrected chi connectivity index (χ0v) is 13.0. The van der Waals surface area contributed by atoms with E-state index in [2.05, 4.69) is 24.8 Å². The number of aliphatic hydroxyl groups excluding tert-OH is 1. The second-order valence-electron chi connectivity index (χ2n) is 6.41. The van der Waals surface area contributed by atoms with Gasteiger partial charge in [0, 0.05) is 39.3 Å². The molecule has 2 atom stereocenters. The van der Waals surface area contributed by atoms with Crippen molar-refractivity contribution in [3.05, 3.63) is 0 Å². The number of carbonyl (C=O) groups excluding carboxylic acids is 1. The molecule has 2 heterocycles. The Kier molecular flexibility index (Phi) is 5.57. The average molecular weight is 294 g/mol. The summed E-state index contributed by atoms with van der Waals surface area (Å²) in [5.74, 6) is 0.449. The van der Waals surface area contributed by atoms with Gasteiger partial charge >= 0.3 is 0 Å². The number of carbonyl (C=O) groups is 1. The molecule has 1 N–H and O–H groups in total. The van der Waals surface area contributed by atoms with Crippen LogP contribution in [-0.4, -0.2) is 83.7 Å². The molecule has 0 aromatic rings. The summed E-state index contributed by atoms with van der Waals surface area (Å²) in [7, 11) is 0. The lowest BCUT2D eigenvalue weighted by Gasteiger charge is -2.38. The van der Waals surface area contributed by atoms with Crippen LogP contribution in [0.15, 0.2) is 0 Å². The van der Waals surface area contributed by atoms with E-state index in [0.29, 0.717) is 32.1 Å². The van der Waals surface area contributed by atoms with Crippen molar-refractivity contribution in [1.82, 2.24) is 14.7 Å². The molecule has 0 aromatic heterocycles. The number of likely N-dealkylation sites (tertiary alicyclic amines) is 1. The number of β-amino-alcohol motifs (C(OH)–C–C–N with tert-alkyl or cyclic N) is 1. The molecule has 118 valence electrons. The quantitative estimate of drug-likeness (QED) is 0.774. The number of nitrogens with zero attached hydrogens (tertiary/aromatic N) is 4. The lowest BCUT2D eigenvalue weighted by Crippen LogP contribution is -2.54. The van der Waals surface area contributed by atoms with E-state index in [9.17, 15) is 15.2 Å². The average Bonchev–Trinajstić information content (AvgIpc) is 2.85. The number of amides is 1. The van der Waals surface area contributed by atoms with E-state index in [1.54, 1.807) is 0 Å². The second kappa shape index (κ2) is 7.21. The van der Waals surface area contributed by atoms with Crippen LogP contribution in [0.5, 0.6) is 0 Å². The van der Waals surface area contributed by atoms with Crippen molar-refractivity contribution in [3.8, 4) is 6.07 Å². The highest BCUT2D eigenvalue weighted by molar-refractivity contribution is 5.78. The first kappa shape index (κ1) is 16.2. The van der Waals surface area contributed by atoms with Crippen LogP contribution >= 0.6 is 0 Å². The van der Waals surface area contributed by atoms with Crippen molar-refractivity contribution in [2.45, 2.75) is 32.4 Å². The first-order valence-corrected chi connectivity index (χ1v) is 7.83. The minimum absolute atomic E-state index is 0.0593. The number of nitriles is 1. The molecule has 2 saturated heterocycles. The smallest absolute Gasteiger partial charge is 0.236 e. The molecular weight excluding hydrogens is 268 g/mol. The van der Waals surface area contributed by atoms with E-state index in [1.165, 1.54) is 0 Å². The zero-order chi connectivity index (χ0) is 15.4. The predicted octanol–water partition coefficient (Wildman–Crippen LogP) is -0.255. The lowest BCUT2D eigenvalue weighted by atomic mass is 10.0. The van der Waals surface area contributed by atoms with Crippen molar-refractivity contribution in [2.75, 3.05) is 45.8 Å². The Bertz CT molecular complexity index is 399. The molecule has 2 rings (SSSR count). The van der Waals surface area contributed by atoms with Gasteiger partial charge in [0.2, 0.25) is 5.91 Å². The highest BCUT2D eigenvalue weighted by atomic mass is 16.3. The Morgan fingerprint density at radius 1 is 1.29 bits per heavy atom. The SMILES string of the molecule is CC(C)C(C#N)N1CCN(C(=O)CN2CC[C@H](O)C2)CC1. The Balaban J connectivity index is 1.78. The number of hydrogen-bond acceptors (Lipinski definition) is 5. The lowest BCUT2D eigenvalue weighted by molar-refractivity contribution is -0.134. The molecule has 2 fully saturated rings. The molecule has 0 radical (unpaired) electrons. The Morgan fingerprint density at radius 2 is 1.95 bits per heavy atom. The van der Waals surface area contributed by atoms with E-state index in [1.807, 2.05) is 9.80 Å². The largest absolute Gasteiger partial charge is 0.392 e. The molecule has 2 aliphatic rings. The van der Waals surface area contributed by atoms with Crippen LogP contribution in [-0.2, 0) is 4.79 Å². The first-order chi connectivity index (χ1) is 10.0. The van der Waals surface area contributed by atoms with Crippen LogP contribution in [0.3, 0.4) is 0 Å². The second-order valence-corrected chi connectivity index (χ2v) is 6.41. The van der Waals surface area contributed by atoms with Gasteiger partial charge in [0.05, 0.1) is 18.7 Å². The van der Waals surface area contributed by atoms with E-state index < -0.39 is 0 Å². The van der Waals surface area contributed by atoms with Gasteiger partial charge in [0.15, 0.2) is 0 Å². The monoisotopic (exact) mass is 294 g/mol. The van der Waals surface area contributed by atoms with Gasteiger partial charge < -0.3 is 10.0 Å². The van der Waals surface area contributed by atoms with Crippen molar-refractivity contribution in [1.29, 1.82) is 5.26 Å². The van der Waals surface area contributed by atoms with E-state index in [-0.39, 0.29) is 18.1 Å². The third-order valence-electron chi connectivity index (χ3n) is 4.43. The van der Waals surface area contributed by atoms with Gasteiger partial charge in [-0.1, -0.05) is 13.8 Å². The fraction of sp³-hybridized carbons (Fsp3) is 0.867. The third kappa shape index (κ3) is 4.16. The van der Waals surface area contributed by atoms with Crippen molar-refractivity contribution < 1.29 is 9.90 Å². The Hall–Kier alpha value is -1.16. The van der Waals surface area contributed by atoms with Gasteiger partial charge in [-0.05, 0) is 12.3 Å². The summed E-state index contributed by atoms with van der Waals surface area (Å²) in [6, 6.07) is 2.31. The number of hydrogen-bond donors (Lipinski definition) is 1. The van der Waals surface area contributed by atoms with Gasteiger partial charge in [-0.15, -0.1) is 0 Å². The molecular formula is C15H26N4O2. The van der Waals surface area contributed by atoms with Crippen LogP contribution < -0.4 is 0 Å². The van der Waals surface area contributed by atoms with Crippen molar-refractivity contribution in [2.24, 2.45) is 5.92 Å². The summed E-state index contributed by atoms with van der Waals surface area (Å²) in [5.41, 5.74) is 0. The van der Waals surface area contributed by atoms with Gasteiger partial charge in [0.25, 0.3) is 0 Å². The van der Waals surface area contributed by atoms with Crippen LogP contribution in [0.25, 0.3) is 0 Å². The van der Waals surface area contributed by atoms with Crippen LogP contribution in [0, 0.1) is 17.2 Å². The topological polar surface area (TPSA) is 70.8 Å². The molecule has 0 aromatic carbocycles. The number of aliphatic hydroxyl groups is 1. The molecule has 6 nitrogen and oxygen atoms in total. The fourth-order valence-corrected chi connectivity index (χ4v) is 3.15. The van der Waals surface area contributed by atoms with Crippen LogP contribution in [0.4, 0.5) is 0 Å². The van der Waals surface area contributed by atoms with E-state index in [0.717, 1.165) is 26.1 Å². The highest BCUT2D eigenvalue weighted by Crippen LogP contribution is 2.14. The molecule has 1 unspecified atom stereocenters. The standard InChI is InChI=1S/C15H26N4O2/c1-12(2)14(9-16)18-5-7-19(8-6-18)15(21)11-17-4-3-13(20)10-17/h12-14,20H,3-8,10-11H2,1-2H3/t13-,14?/m0/s1. The molecule has 6 heteroatoms. The summed E-state index contributed by atoms with van der Waals surface area (Å²) >= 11 is 0. The molecule has 0 saturated carbocycles. The Morgan fingerprint density at radius 3 is 2.43 bits per heavy atom. The third-order valence-corrected chi connectivity index (χ3v) is 4.43. The summed E-state index contributed by atoms with van der Waals surface area (Å²) in [5, 5.41) is 18.7. The van der Waals surface area contributed by atoms with Gasteiger partial charge in [-0.3, -0.25) is 14.6 Å². The highest BCUT2D eigenvalue weighted by Gasteiger charge is 2.29. The molecule has 0 spiro atoms.